The van der Waals surface area contributed by atoms with Crippen LogP contribution >= 0.6 is 0 Å². The van der Waals surface area contributed by atoms with Gasteiger partial charge in [0.25, 0.3) is 0 Å². The number of anilines is 1. The highest BCUT2D eigenvalue weighted by atomic mass is 16.5. The third-order valence-electron chi connectivity index (χ3n) is 3.58. The van der Waals surface area contributed by atoms with Gasteiger partial charge in [-0.25, -0.2) is 0 Å². The van der Waals surface area contributed by atoms with Gasteiger partial charge in [-0.15, -0.1) is 0 Å². The van der Waals surface area contributed by atoms with Gasteiger partial charge in [0.15, 0.2) is 0 Å². The molecule has 4 heteroatoms. The number of nitrogens with zero attached hydrogens (tertiary/aromatic N) is 1. The van der Waals surface area contributed by atoms with E-state index in [4.69, 9.17) is 9.15 Å². The van der Waals surface area contributed by atoms with Crippen molar-refractivity contribution in [2.24, 2.45) is 0 Å². The highest BCUT2D eigenvalue weighted by molar-refractivity contribution is 5.59. The number of hydrogen-bond acceptors (Lipinski definition) is 4. The molecule has 1 aromatic carbocycles. The van der Waals surface area contributed by atoms with E-state index in [2.05, 4.69) is 22.3 Å². The molecule has 0 saturated heterocycles. The summed E-state index contributed by atoms with van der Waals surface area (Å²) in [4.78, 5) is 2.33. The van der Waals surface area contributed by atoms with Crippen LogP contribution in [0.2, 0.25) is 0 Å². The number of furan rings is 1. The fourth-order valence-electron chi connectivity index (χ4n) is 2.59. The van der Waals surface area contributed by atoms with Crippen LogP contribution in [0.3, 0.4) is 0 Å². The van der Waals surface area contributed by atoms with Gasteiger partial charge < -0.3 is 19.4 Å². The molecule has 0 amide bonds. The first-order valence-electron chi connectivity index (χ1n) is 7.05. The lowest BCUT2D eigenvalue weighted by atomic mass is 10.2. The molecule has 106 valence electrons. The average Bonchev–Trinajstić information content (AvgIpc) is 2.80. The lowest BCUT2D eigenvalue weighted by molar-refractivity contribution is 0.322. The van der Waals surface area contributed by atoms with Crippen LogP contribution in [-0.4, -0.2) is 20.2 Å². The van der Waals surface area contributed by atoms with Crippen LogP contribution in [0, 0.1) is 0 Å². The molecule has 1 N–H and O–H groups in total. The number of fused-ring (bicyclic) bond motifs is 1. The van der Waals surface area contributed by atoms with E-state index < -0.39 is 0 Å². The molecule has 0 fully saturated rings. The van der Waals surface area contributed by atoms with E-state index in [1.807, 2.05) is 25.2 Å². The Bertz CT molecular complexity index is 565. The third kappa shape index (κ3) is 2.65. The van der Waals surface area contributed by atoms with Crippen molar-refractivity contribution in [1.82, 2.24) is 5.32 Å². The second kappa shape index (κ2) is 6.01. The van der Waals surface area contributed by atoms with E-state index in [9.17, 15) is 0 Å². The van der Waals surface area contributed by atoms with Crippen LogP contribution in [0.5, 0.6) is 5.75 Å². The SMILES string of the molecule is CNCc1ccoc1CN1CCCOc2ccccc21. The molecule has 1 aliphatic rings. The molecule has 0 atom stereocenters. The second-order valence-corrected chi connectivity index (χ2v) is 4.99. The van der Waals surface area contributed by atoms with Gasteiger partial charge in [-0.2, -0.15) is 0 Å². The van der Waals surface area contributed by atoms with E-state index in [0.717, 1.165) is 49.9 Å². The van der Waals surface area contributed by atoms with Gasteiger partial charge in [0.1, 0.15) is 11.5 Å². The fraction of sp³-hybridized carbons (Fsp3) is 0.375. The molecule has 0 spiro atoms. The van der Waals surface area contributed by atoms with Crippen molar-refractivity contribution in [3.63, 3.8) is 0 Å². The van der Waals surface area contributed by atoms with Crippen molar-refractivity contribution in [1.29, 1.82) is 0 Å². The fourth-order valence-corrected chi connectivity index (χ4v) is 2.59. The van der Waals surface area contributed by atoms with Crippen LogP contribution in [0.4, 0.5) is 5.69 Å². The first kappa shape index (κ1) is 13.1. The number of para-hydroxylation sites is 2. The lowest BCUT2D eigenvalue weighted by Crippen LogP contribution is -2.23. The van der Waals surface area contributed by atoms with Crippen molar-refractivity contribution in [3.8, 4) is 5.75 Å². The summed E-state index contributed by atoms with van der Waals surface area (Å²) >= 11 is 0. The summed E-state index contributed by atoms with van der Waals surface area (Å²) in [5.41, 5.74) is 2.37. The molecule has 1 aromatic heterocycles. The molecular weight excluding hydrogens is 252 g/mol. The molecule has 0 aliphatic carbocycles. The number of nitrogens with one attached hydrogen (secondary N) is 1. The minimum absolute atomic E-state index is 0.773. The lowest BCUT2D eigenvalue weighted by Gasteiger charge is -2.23. The minimum atomic E-state index is 0.773. The zero-order valence-electron chi connectivity index (χ0n) is 11.8. The molecule has 0 bridgehead atoms. The summed E-state index contributed by atoms with van der Waals surface area (Å²) in [5.74, 6) is 1.99. The summed E-state index contributed by atoms with van der Waals surface area (Å²) in [7, 11) is 1.95. The van der Waals surface area contributed by atoms with E-state index >= 15 is 0 Å². The van der Waals surface area contributed by atoms with Crippen molar-refractivity contribution in [2.45, 2.75) is 19.5 Å². The van der Waals surface area contributed by atoms with E-state index in [1.54, 1.807) is 6.26 Å². The van der Waals surface area contributed by atoms with E-state index in [1.165, 1.54) is 5.56 Å². The minimum Gasteiger partial charge on any atom is -0.491 e. The second-order valence-electron chi connectivity index (χ2n) is 4.99. The van der Waals surface area contributed by atoms with Gasteiger partial charge in [0.05, 0.1) is 25.1 Å². The van der Waals surface area contributed by atoms with Gasteiger partial charge in [0, 0.05) is 18.7 Å². The number of rotatable bonds is 4. The summed E-state index contributed by atoms with van der Waals surface area (Å²) in [5, 5.41) is 3.18. The predicted molar refractivity (Wildman–Crippen MR) is 79.1 cm³/mol. The summed E-state index contributed by atoms with van der Waals surface area (Å²) in [6.45, 7) is 3.37. The maximum absolute atomic E-state index is 5.79. The Morgan fingerprint density at radius 1 is 1.25 bits per heavy atom. The zero-order valence-corrected chi connectivity index (χ0v) is 11.8. The first-order chi connectivity index (χ1) is 9.88. The number of hydrogen-bond donors (Lipinski definition) is 1. The monoisotopic (exact) mass is 272 g/mol. The Hall–Kier alpha value is -1.94. The van der Waals surface area contributed by atoms with Gasteiger partial charge in [-0.05, 0) is 31.7 Å². The van der Waals surface area contributed by atoms with Crippen molar-refractivity contribution < 1.29 is 9.15 Å². The molecule has 0 saturated carbocycles. The molecule has 2 aromatic rings. The maximum atomic E-state index is 5.79. The Morgan fingerprint density at radius 2 is 2.15 bits per heavy atom. The molecule has 4 nitrogen and oxygen atoms in total. The largest absolute Gasteiger partial charge is 0.491 e. The van der Waals surface area contributed by atoms with E-state index in [0.29, 0.717) is 0 Å². The molecule has 0 radical (unpaired) electrons. The molecule has 2 heterocycles. The Balaban J connectivity index is 1.85. The van der Waals surface area contributed by atoms with Gasteiger partial charge >= 0.3 is 0 Å². The number of ether oxygens (including phenoxy) is 1. The van der Waals surface area contributed by atoms with Crippen molar-refractivity contribution in [2.75, 3.05) is 25.1 Å². The molecule has 1 aliphatic heterocycles. The van der Waals surface area contributed by atoms with Crippen LogP contribution < -0.4 is 15.0 Å². The highest BCUT2D eigenvalue weighted by Gasteiger charge is 2.18. The molecule has 0 unspecified atom stereocenters. The Morgan fingerprint density at radius 3 is 3.05 bits per heavy atom. The Labute approximate surface area is 119 Å². The summed E-state index contributed by atoms with van der Waals surface area (Å²) < 4.78 is 11.4. The topological polar surface area (TPSA) is 37.6 Å². The van der Waals surface area contributed by atoms with Crippen molar-refractivity contribution in [3.05, 3.63) is 47.9 Å². The highest BCUT2D eigenvalue weighted by Crippen LogP contribution is 2.32. The quantitative estimate of drug-likeness (QED) is 0.928. The average molecular weight is 272 g/mol. The maximum Gasteiger partial charge on any atom is 0.142 e. The molecule has 3 rings (SSSR count). The summed E-state index contributed by atoms with van der Waals surface area (Å²) in [6, 6.07) is 10.2. The molecule has 20 heavy (non-hydrogen) atoms. The van der Waals surface area contributed by atoms with Crippen LogP contribution in [-0.2, 0) is 13.1 Å². The smallest absolute Gasteiger partial charge is 0.142 e. The standard InChI is InChI=1S/C16H20N2O2/c1-17-11-13-7-10-20-16(13)12-18-8-4-9-19-15-6-3-2-5-14(15)18/h2-3,5-7,10,17H,4,8-9,11-12H2,1H3. The Kier molecular flexibility index (Phi) is 3.92. The predicted octanol–water partition coefficient (Wildman–Crippen LogP) is 2.79. The molecular formula is C16H20N2O2. The van der Waals surface area contributed by atoms with Gasteiger partial charge in [-0.1, -0.05) is 12.1 Å². The van der Waals surface area contributed by atoms with Crippen LogP contribution in [0.1, 0.15) is 17.7 Å². The van der Waals surface area contributed by atoms with Crippen molar-refractivity contribution >= 4 is 5.69 Å². The number of benzene rings is 1. The van der Waals surface area contributed by atoms with Crippen LogP contribution in [0.25, 0.3) is 0 Å². The van der Waals surface area contributed by atoms with Gasteiger partial charge in [0.2, 0.25) is 0 Å². The first-order valence-corrected chi connectivity index (χ1v) is 7.05. The normalized spacial score (nSPS) is 14.6. The zero-order chi connectivity index (χ0) is 13.8. The van der Waals surface area contributed by atoms with Crippen LogP contribution in [0.15, 0.2) is 41.0 Å². The van der Waals surface area contributed by atoms with E-state index in [-0.39, 0.29) is 0 Å². The van der Waals surface area contributed by atoms with Gasteiger partial charge in [-0.3, -0.25) is 0 Å². The summed E-state index contributed by atoms with van der Waals surface area (Å²) in [6.07, 6.45) is 2.79. The third-order valence-corrected chi connectivity index (χ3v) is 3.58.